The minimum absolute atomic E-state index is 0.0286. The zero-order valence-electron chi connectivity index (χ0n) is 49.2. The van der Waals surface area contributed by atoms with E-state index >= 15 is 0 Å². The van der Waals surface area contributed by atoms with Crippen LogP contribution in [0.3, 0.4) is 0 Å². The molecule has 1 unspecified atom stereocenters. The van der Waals surface area contributed by atoms with Crippen LogP contribution in [0.15, 0.2) is 104 Å². The SMILES string of the molecule is C=CCCCCCCCCC(=O)Oc1ccc(C(=O)Oc2cc(OC(=O)c3ccc(OC(=O)CCCCCCCCC=C)cc3)cc(C(=O)OC3CC[C@@]4(C)C(=CC[C@H]5[C@@H]6CC[C@H]([C@H](C)CCCC(C)C)[C@@]6(C)CC[C@@H]54)C3)c2)cc1. The van der Waals surface area contributed by atoms with Gasteiger partial charge in [-0.15, -0.1) is 13.2 Å². The quantitative estimate of drug-likeness (QED) is 0.0265. The van der Waals surface area contributed by atoms with Gasteiger partial charge in [0, 0.05) is 25.3 Å². The monoisotopic (exact) mass is 1090 g/mol. The summed E-state index contributed by atoms with van der Waals surface area (Å²) in [5, 5.41) is 0. The number of fused-ring (bicyclic) bond motifs is 5. The summed E-state index contributed by atoms with van der Waals surface area (Å²) >= 11 is 0. The van der Waals surface area contributed by atoms with E-state index in [0.717, 1.165) is 133 Å². The summed E-state index contributed by atoms with van der Waals surface area (Å²) in [6.07, 6.45) is 33.8. The summed E-state index contributed by atoms with van der Waals surface area (Å²) in [6, 6.07) is 16.4. The van der Waals surface area contributed by atoms with Gasteiger partial charge in [0.05, 0.1) is 16.7 Å². The van der Waals surface area contributed by atoms with Gasteiger partial charge in [-0.3, -0.25) is 9.59 Å². The number of unbranched alkanes of at least 4 members (excludes halogenated alkanes) is 12. The lowest BCUT2D eigenvalue weighted by Crippen LogP contribution is -2.51. The predicted molar refractivity (Wildman–Crippen MR) is 317 cm³/mol. The van der Waals surface area contributed by atoms with Crippen molar-refractivity contribution in [3.05, 3.63) is 120 Å². The molecule has 0 saturated heterocycles. The average Bonchev–Trinajstić information content (AvgIpc) is 3.96. The normalized spacial score (nSPS) is 23.3. The van der Waals surface area contributed by atoms with Crippen LogP contribution in [0.5, 0.6) is 23.0 Å². The molecule has 3 fully saturated rings. The van der Waals surface area contributed by atoms with Crippen LogP contribution in [0.1, 0.15) is 239 Å². The number of hydrogen-bond donors (Lipinski definition) is 0. The maximum atomic E-state index is 14.3. The van der Waals surface area contributed by atoms with Gasteiger partial charge in [0.25, 0.3) is 0 Å². The van der Waals surface area contributed by atoms with Crippen molar-refractivity contribution in [3.8, 4) is 23.0 Å². The number of ether oxygens (including phenoxy) is 5. The van der Waals surface area contributed by atoms with Gasteiger partial charge in [-0.2, -0.15) is 0 Å². The summed E-state index contributed by atoms with van der Waals surface area (Å²) in [5.74, 6) is 2.20. The van der Waals surface area contributed by atoms with Gasteiger partial charge < -0.3 is 23.7 Å². The highest BCUT2D eigenvalue weighted by atomic mass is 16.6. The second-order valence-corrected chi connectivity index (χ2v) is 24.9. The second-order valence-electron chi connectivity index (χ2n) is 24.9. The van der Waals surface area contributed by atoms with Crippen molar-refractivity contribution in [2.45, 2.75) is 214 Å². The molecule has 0 amide bonds. The first-order chi connectivity index (χ1) is 38.6. The molecule has 80 heavy (non-hydrogen) atoms. The van der Waals surface area contributed by atoms with E-state index in [9.17, 15) is 24.0 Å². The van der Waals surface area contributed by atoms with Crippen LogP contribution >= 0.6 is 0 Å². The summed E-state index contributed by atoms with van der Waals surface area (Å²) in [6.45, 7) is 19.9. The van der Waals surface area contributed by atoms with E-state index in [0.29, 0.717) is 48.0 Å². The Balaban J connectivity index is 0.989. The lowest BCUT2D eigenvalue weighted by atomic mass is 9.47. The van der Waals surface area contributed by atoms with Crippen molar-refractivity contribution >= 4 is 29.8 Å². The van der Waals surface area contributed by atoms with E-state index < -0.39 is 17.9 Å². The standard InChI is InChI=1S/C70H94O10/c1-8-10-12-14-16-18-20-22-27-64(71)76-55-34-29-51(30-35-55)66(73)79-58-45-53(46-59(48-58)80-67(74)52-31-36-56(37-32-52)77-65(72)28-23-21-19-17-15-13-11-9-2)68(75)78-57-41-43-69(6)54(47-57)33-38-60-62-40-39-61(50(5)26-24-25-49(3)4)70(62,7)44-42-63(60)69/h8-9,29-37,45-46,48-50,57,60-63H,1-2,10-28,38-44,47H2,3-7H3/t50-,57?,60+,61-,62+,63+,69+,70-/m1/s1. The van der Waals surface area contributed by atoms with Crippen LogP contribution in [-0.2, 0) is 14.3 Å². The molecule has 4 aliphatic rings. The summed E-state index contributed by atoms with van der Waals surface area (Å²) in [7, 11) is 0. The molecule has 10 nitrogen and oxygen atoms in total. The molecule has 434 valence electrons. The molecular formula is C70H94O10. The number of hydrogen-bond acceptors (Lipinski definition) is 10. The Morgan fingerprint density at radius 2 is 1.07 bits per heavy atom. The van der Waals surface area contributed by atoms with Crippen LogP contribution < -0.4 is 18.9 Å². The Hall–Kier alpha value is -5.77. The third-order valence-electron chi connectivity index (χ3n) is 18.8. The average molecular weight is 1100 g/mol. The number of esters is 5. The fourth-order valence-electron chi connectivity index (χ4n) is 14.3. The Morgan fingerprint density at radius 1 is 0.550 bits per heavy atom. The first-order valence-electron chi connectivity index (χ1n) is 30.9. The predicted octanol–water partition coefficient (Wildman–Crippen LogP) is 18.1. The fourth-order valence-corrected chi connectivity index (χ4v) is 14.3. The molecule has 3 aromatic rings. The van der Waals surface area contributed by atoms with Gasteiger partial charge in [0.1, 0.15) is 29.1 Å². The lowest BCUT2D eigenvalue weighted by molar-refractivity contribution is -0.135. The molecule has 3 aromatic carbocycles. The van der Waals surface area contributed by atoms with Gasteiger partial charge >= 0.3 is 29.8 Å². The number of rotatable bonds is 31. The van der Waals surface area contributed by atoms with Crippen molar-refractivity contribution in [2.24, 2.45) is 46.3 Å². The second kappa shape index (κ2) is 30.3. The van der Waals surface area contributed by atoms with Crippen molar-refractivity contribution < 1.29 is 47.7 Å². The van der Waals surface area contributed by atoms with Crippen LogP contribution in [0.2, 0.25) is 0 Å². The van der Waals surface area contributed by atoms with Gasteiger partial charge in [-0.25, -0.2) is 14.4 Å². The number of carbonyl (C=O) groups excluding carboxylic acids is 5. The summed E-state index contributed by atoms with van der Waals surface area (Å²) in [4.78, 5) is 66.8. The van der Waals surface area contributed by atoms with E-state index in [1.165, 1.54) is 93.0 Å². The molecule has 0 radical (unpaired) electrons. The van der Waals surface area contributed by atoms with Crippen molar-refractivity contribution in [3.63, 3.8) is 0 Å². The highest BCUT2D eigenvalue weighted by Crippen LogP contribution is 2.67. The topological polar surface area (TPSA) is 132 Å². The molecule has 0 spiro atoms. The zero-order chi connectivity index (χ0) is 57.1. The highest BCUT2D eigenvalue weighted by molar-refractivity contribution is 5.95. The minimum atomic E-state index is -0.732. The van der Waals surface area contributed by atoms with Gasteiger partial charge in [0.15, 0.2) is 0 Å². The molecule has 0 bridgehead atoms. The van der Waals surface area contributed by atoms with Crippen LogP contribution in [-0.4, -0.2) is 36.0 Å². The largest absolute Gasteiger partial charge is 0.458 e. The molecule has 0 aromatic heterocycles. The fraction of sp³-hybridized carbons (Fsp3) is 0.586. The van der Waals surface area contributed by atoms with E-state index in [2.05, 4.69) is 53.9 Å². The summed E-state index contributed by atoms with van der Waals surface area (Å²) in [5.41, 5.74) is 2.30. The maximum Gasteiger partial charge on any atom is 0.343 e. The van der Waals surface area contributed by atoms with E-state index in [-0.39, 0.29) is 51.6 Å². The van der Waals surface area contributed by atoms with Gasteiger partial charge in [0.2, 0.25) is 0 Å². The molecule has 0 aliphatic heterocycles. The smallest absolute Gasteiger partial charge is 0.343 e. The molecular weight excluding hydrogens is 1000 g/mol. The number of benzene rings is 3. The number of carbonyl (C=O) groups is 5. The maximum absolute atomic E-state index is 14.3. The van der Waals surface area contributed by atoms with Crippen LogP contribution in [0, 0.1) is 46.3 Å². The van der Waals surface area contributed by atoms with Gasteiger partial charge in [-0.05, 0) is 190 Å². The van der Waals surface area contributed by atoms with E-state index in [1.807, 2.05) is 12.2 Å². The Kier molecular flexibility index (Phi) is 23.4. The Morgan fingerprint density at radius 3 is 1.60 bits per heavy atom. The highest BCUT2D eigenvalue weighted by Gasteiger charge is 2.59. The first kappa shape index (κ1) is 61.8. The third kappa shape index (κ3) is 17.1. The summed E-state index contributed by atoms with van der Waals surface area (Å²) < 4.78 is 29.1. The zero-order valence-corrected chi connectivity index (χ0v) is 49.2. The van der Waals surface area contributed by atoms with E-state index in [4.69, 9.17) is 23.7 Å². The van der Waals surface area contributed by atoms with Crippen molar-refractivity contribution in [2.75, 3.05) is 0 Å². The van der Waals surface area contributed by atoms with Crippen molar-refractivity contribution in [1.82, 2.24) is 0 Å². The Bertz CT molecular complexity index is 2460. The molecule has 3 saturated carbocycles. The molecule has 10 heteroatoms. The van der Waals surface area contributed by atoms with Crippen LogP contribution in [0.25, 0.3) is 0 Å². The number of allylic oxidation sites excluding steroid dienone is 3. The Labute approximate surface area is 479 Å². The molecule has 8 atom stereocenters. The molecule has 0 heterocycles. The van der Waals surface area contributed by atoms with E-state index in [1.54, 1.807) is 24.3 Å². The third-order valence-corrected chi connectivity index (χ3v) is 18.8. The van der Waals surface area contributed by atoms with Gasteiger partial charge in [-0.1, -0.05) is 129 Å². The molecule has 4 aliphatic carbocycles. The minimum Gasteiger partial charge on any atom is -0.458 e. The van der Waals surface area contributed by atoms with Crippen molar-refractivity contribution in [1.29, 1.82) is 0 Å². The lowest BCUT2D eigenvalue weighted by Gasteiger charge is -2.58. The first-order valence-corrected chi connectivity index (χ1v) is 30.9. The molecule has 7 rings (SSSR count). The van der Waals surface area contributed by atoms with Crippen LogP contribution in [0.4, 0.5) is 0 Å². The molecule has 0 N–H and O–H groups in total.